The average molecular weight is 446 g/mol. The van der Waals surface area contributed by atoms with Crippen LogP contribution >= 0.6 is 0 Å². The van der Waals surface area contributed by atoms with E-state index >= 15 is 0 Å². The van der Waals surface area contributed by atoms with Crippen molar-refractivity contribution in [3.8, 4) is 0 Å². The van der Waals surface area contributed by atoms with Gasteiger partial charge in [-0.05, 0) is 83.6 Å². The van der Waals surface area contributed by atoms with Crippen LogP contribution in [0.3, 0.4) is 0 Å². The first-order valence-corrected chi connectivity index (χ1v) is 13.6. The topological polar surface area (TPSA) is 3.24 Å². The molecule has 0 bridgehead atoms. The Bertz CT molecular complexity index is 911. The minimum atomic E-state index is 0.586. The number of unbranched alkanes of at least 4 members (excludes halogenated alkanes) is 3. The fourth-order valence-corrected chi connectivity index (χ4v) is 5.46. The van der Waals surface area contributed by atoms with Gasteiger partial charge in [-0.2, -0.15) is 0 Å². The van der Waals surface area contributed by atoms with E-state index in [0.717, 1.165) is 37.3 Å². The van der Waals surface area contributed by atoms with E-state index in [4.69, 9.17) is 0 Å². The molecule has 1 atom stereocenters. The zero-order valence-electron chi connectivity index (χ0n) is 22.1. The second kappa shape index (κ2) is 11.9. The summed E-state index contributed by atoms with van der Waals surface area (Å²) in [5, 5.41) is 0. The van der Waals surface area contributed by atoms with Crippen molar-refractivity contribution in [1.82, 2.24) is 4.90 Å². The molecular formula is C32H47N. The lowest BCUT2D eigenvalue weighted by molar-refractivity contribution is 0.401. The molecule has 0 unspecified atom stereocenters. The number of aryl methyl sites for hydroxylation is 2. The Morgan fingerprint density at radius 3 is 2.52 bits per heavy atom. The Balaban J connectivity index is 2.00. The average Bonchev–Trinajstić information content (AvgIpc) is 2.79. The third-order valence-corrected chi connectivity index (χ3v) is 7.46. The standard InChI is InChI=1S/C32H47N/c1-8-11-12-13-15-27-20-29-28(17-16-23(4)5)21-33-22-31(24(6)14-9-2)25(7)18-32(33)30(29)19-26(27)10-3/h18-20,22-23,28H,6-17,21H2,1-5H3/t28-/m0/s1. The van der Waals surface area contributed by atoms with Gasteiger partial charge in [0.25, 0.3) is 0 Å². The van der Waals surface area contributed by atoms with Gasteiger partial charge in [0.2, 0.25) is 0 Å². The summed E-state index contributed by atoms with van der Waals surface area (Å²) in [5.74, 6) is 1.33. The number of hydrogen-bond donors (Lipinski definition) is 0. The lowest BCUT2D eigenvalue weighted by Crippen LogP contribution is -2.31. The summed E-state index contributed by atoms with van der Waals surface area (Å²) < 4.78 is 0. The Labute approximate surface area is 204 Å². The van der Waals surface area contributed by atoms with Crippen molar-refractivity contribution in [3.05, 3.63) is 76.5 Å². The predicted octanol–water partition coefficient (Wildman–Crippen LogP) is 9.36. The van der Waals surface area contributed by atoms with E-state index in [0.29, 0.717) is 5.92 Å². The molecule has 1 aromatic rings. The first-order chi connectivity index (χ1) is 15.9. The number of rotatable bonds is 12. The van der Waals surface area contributed by atoms with Gasteiger partial charge < -0.3 is 4.90 Å². The molecule has 0 N–H and O–H groups in total. The van der Waals surface area contributed by atoms with Crippen molar-refractivity contribution in [3.63, 3.8) is 0 Å². The Kier molecular flexibility index (Phi) is 9.24. The van der Waals surface area contributed by atoms with Gasteiger partial charge in [0.05, 0.1) is 0 Å². The number of nitrogens with zero attached hydrogens (tertiary/aromatic N) is 1. The van der Waals surface area contributed by atoms with Crippen molar-refractivity contribution < 1.29 is 0 Å². The maximum atomic E-state index is 4.43. The highest BCUT2D eigenvalue weighted by molar-refractivity contribution is 5.77. The normalized spacial score (nSPS) is 17.6. The molecule has 0 radical (unpaired) electrons. The van der Waals surface area contributed by atoms with Crippen molar-refractivity contribution in [2.45, 2.75) is 105 Å². The van der Waals surface area contributed by atoms with Crippen molar-refractivity contribution in [2.75, 3.05) is 6.54 Å². The summed E-state index contributed by atoms with van der Waals surface area (Å²) >= 11 is 0. The molecule has 2 aliphatic rings. The molecule has 1 aromatic carbocycles. The van der Waals surface area contributed by atoms with Crippen LogP contribution in [0.2, 0.25) is 0 Å². The van der Waals surface area contributed by atoms with Gasteiger partial charge in [0.1, 0.15) is 0 Å². The van der Waals surface area contributed by atoms with Crippen molar-refractivity contribution in [2.24, 2.45) is 5.92 Å². The zero-order chi connectivity index (χ0) is 24.0. The minimum absolute atomic E-state index is 0.586. The van der Waals surface area contributed by atoms with Gasteiger partial charge in [-0.3, -0.25) is 0 Å². The summed E-state index contributed by atoms with van der Waals surface area (Å²) in [5.41, 5.74) is 11.1. The lowest BCUT2D eigenvalue weighted by atomic mass is 9.79. The van der Waals surface area contributed by atoms with Crippen LogP contribution in [-0.2, 0) is 12.8 Å². The first kappa shape index (κ1) is 25.6. The molecule has 1 heteroatoms. The number of hydrogen-bond acceptors (Lipinski definition) is 1. The number of allylic oxidation sites excluding steroid dienone is 4. The molecule has 33 heavy (non-hydrogen) atoms. The Morgan fingerprint density at radius 2 is 1.85 bits per heavy atom. The summed E-state index contributed by atoms with van der Waals surface area (Å²) in [4.78, 5) is 2.51. The van der Waals surface area contributed by atoms with Crippen LogP contribution in [0.25, 0.3) is 5.70 Å². The van der Waals surface area contributed by atoms with Crippen LogP contribution in [0.4, 0.5) is 0 Å². The molecule has 3 rings (SSSR count). The van der Waals surface area contributed by atoms with E-state index in [1.54, 1.807) is 11.1 Å². The highest BCUT2D eigenvalue weighted by atomic mass is 15.1. The van der Waals surface area contributed by atoms with E-state index < -0.39 is 0 Å². The van der Waals surface area contributed by atoms with Crippen molar-refractivity contribution >= 4 is 5.70 Å². The van der Waals surface area contributed by atoms with Gasteiger partial charge in [0.15, 0.2) is 0 Å². The lowest BCUT2D eigenvalue weighted by Gasteiger charge is -2.40. The molecule has 0 aliphatic carbocycles. The molecule has 180 valence electrons. The molecule has 0 aromatic heterocycles. The van der Waals surface area contributed by atoms with Gasteiger partial charge in [-0.25, -0.2) is 0 Å². The summed E-state index contributed by atoms with van der Waals surface area (Å²) in [6.07, 6.45) is 17.0. The molecule has 0 spiro atoms. The van der Waals surface area contributed by atoms with Crippen LogP contribution in [0.5, 0.6) is 0 Å². The Hall–Kier alpha value is -2.02. The highest BCUT2D eigenvalue weighted by Crippen LogP contribution is 2.44. The molecule has 1 nitrogen and oxygen atoms in total. The second-order valence-electron chi connectivity index (χ2n) is 10.6. The zero-order valence-corrected chi connectivity index (χ0v) is 22.1. The SMILES string of the molecule is C=C1C=C2c3cc(CC)c(CCCCCC)cc3[C@@H](CCC(C)C)CN2C=C1C(=C)CCC. The third kappa shape index (κ3) is 6.11. The van der Waals surface area contributed by atoms with Crippen LogP contribution < -0.4 is 0 Å². The van der Waals surface area contributed by atoms with E-state index in [1.165, 1.54) is 72.9 Å². The van der Waals surface area contributed by atoms with Crippen LogP contribution in [0.15, 0.2) is 54.3 Å². The minimum Gasteiger partial charge on any atom is -0.346 e. The molecule has 0 fully saturated rings. The molecule has 0 saturated heterocycles. The van der Waals surface area contributed by atoms with Crippen LogP contribution in [-0.4, -0.2) is 11.4 Å². The maximum Gasteiger partial charge on any atom is 0.0489 e. The molecular weight excluding hydrogens is 398 g/mol. The predicted molar refractivity (Wildman–Crippen MR) is 146 cm³/mol. The fraction of sp³-hybridized carbons (Fsp3) is 0.562. The fourth-order valence-electron chi connectivity index (χ4n) is 5.46. The van der Waals surface area contributed by atoms with E-state index in [-0.39, 0.29) is 0 Å². The summed E-state index contributed by atoms with van der Waals surface area (Å²) in [6, 6.07) is 5.12. The van der Waals surface area contributed by atoms with Crippen LogP contribution in [0, 0.1) is 5.92 Å². The molecule has 0 saturated carbocycles. The van der Waals surface area contributed by atoms with Gasteiger partial charge in [-0.1, -0.05) is 85.9 Å². The number of fused-ring (bicyclic) bond motifs is 3. The first-order valence-electron chi connectivity index (χ1n) is 13.6. The van der Waals surface area contributed by atoms with E-state index in [2.05, 4.69) is 77.1 Å². The largest absolute Gasteiger partial charge is 0.346 e. The third-order valence-electron chi connectivity index (χ3n) is 7.46. The highest BCUT2D eigenvalue weighted by Gasteiger charge is 2.31. The molecule has 0 amide bonds. The molecule has 2 heterocycles. The van der Waals surface area contributed by atoms with E-state index in [9.17, 15) is 0 Å². The summed E-state index contributed by atoms with van der Waals surface area (Å²) in [7, 11) is 0. The summed E-state index contributed by atoms with van der Waals surface area (Å²) in [6.45, 7) is 21.4. The number of benzene rings is 1. The Morgan fingerprint density at radius 1 is 1.06 bits per heavy atom. The smallest absolute Gasteiger partial charge is 0.0489 e. The molecule has 2 aliphatic heterocycles. The maximum absolute atomic E-state index is 4.43. The quantitative estimate of drug-likeness (QED) is 0.290. The van der Waals surface area contributed by atoms with Gasteiger partial charge in [0, 0.05) is 29.9 Å². The van der Waals surface area contributed by atoms with Gasteiger partial charge in [-0.15, -0.1) is 0 Å². The second-order valence-corrected chi connectivity index (χ2v) is 10.6. The van der Waals surface area contributed by atoms with Crippen LogP contribution in [0.1, 0.15) is 114 Å². The van der Waals surface area contributed by atoms with E-state index in [1.807, 2.05) is 0 Å². The monoisotopic (exact) mass is 445 g/mol. The van der Waals surface area contributed by atoms with Crippen molar-refractivity contribution in [1.29, 1.82) is 0 Å². The van der Waals surface area contributed by atoms with Gasteiger partial charge >= 0.3 is 0 Å².